The van der Waals surface area contributed by atoms with Crippen molar-refractivity contribution in [2.45, 2.75) is 0 Å². The highest BCUT2D eigenvalue weighted by Gasteiger charge is 2.27. The molecule has 34 heavy (non-hydrogen) atoms. The summed E-state index contributed by atoms with van der Waals surface area (Å²) in [7, 11) is 0. The molecule has 5 rings (SSSR count). The first-order valence-corrected chi connectivity index (χ1v) is 11.5. The van der Waals surface area contributed by atoms with Crippen LogP contribution in [0.5, 0.6) is 11.5 Å². The van der Waals surface area contributed by atoms with Crippen molar-refractivity contribution in [1.29, 1.82) is 0 Å². The molecule has 0 radical (unpaired) electrons. The Balaban J connectivity index is 1.27. The number of benzene rings is 4. The Bertz CT molecular complexity index is 1390. The van der Waals surface area contributed by atoms with Crippen LogP contribution >= 0.6 is 15.9 Å². The highest BCUT2D eigenvalue weighted by molar-refractivity contribution is 9.10. The van der Waals surface area contributed by atoms with E-state index in [0.717, 1.165) is 21.2 Å². The minimum atomic E-state index is -0.181. The lowest BCUT2D eigenvalue weighted by Gasteiger charge is -2.07. The summed E-state index contributed by atoms with van der Waals surface area (Å²) in [5.41, 5.74) is 4.14. The Morgan fingerprint density at radius 2 is 1.56 bits per heavy atom. The smallest absolute Gasteiger partial charge is 0.231 e. The molecule has 0 aliphatic carbocycles. The molecule has 0 N–H and O–H groups in total. The number of fused-ring (bicyclic) bond motifs is 1. The van der Waals surface area contributed by atoms with Gasteiger partial charge < -0.3 is 9.47 Å². The first kappa shape index (κ1) is 21.9. The van der Waals surface area contributed by atoms with Crippen molar-refractivity contribution in [2.75, 3.05) is 6.61 Å². The third-order valence-electron chi connectivity index (χ3n) is 5.49. The summed E-state index contributed by atoms with van der Waals surface area (Å²) in [6.07, 6.45) is 1.73. The molecule has 0 unspecified atom stereocenters. The molecule has 0 atom stereocenters. The Morgan fingerprint density at radius 3 is 2.29 bits per heavy atom. The standard InChI is InChI=1S/C29H19BrO4/c30-23-12-10-22(11-13-23)26(31)18-33-24-14-15-25-27(17-24)34-28(29(25)32)16-19-6-8-21(9-7-19)20-4-2-1-3-5-20/h1-17H,18H2. The quantitative estimate of drug-likeness (QED) is 0.207. The molecule has 0 bridgehead atoms. The number of rotatable bonds is 6. The van der Waals surface area contributed by atoms with E-state index in [-0.39, 0.29) is 23.9 Å². The van der Waals surface area contributed by atoms with E-state index < -0.39 is 0 Å². The Kier molecular flexibility index (Phi) is 6.11. The molecule has 0 amide bonds. The summed E-state index contributed by atoms with van der Waals surface area (Å²) in [6.45, 7) is -0.106. The van der Waals surface area contributed by atoms with Crippen LogP contribution in [0.25, 0.3) is 17.2 Å². The number of Topliss-reactive ketones (excluding diaryl/α,β-unsaturated/α-hetero) is 2. The summed E-state index contributed by atoms with van der Waals surface area (Å²) in [6, 6.07) is 30.1. The highest BCUT2D eigenvalue weighted by atomic mass is 79.9. The molecule has 0 saturated carbocycles. The van der Waals surface area contributed by atoms with Crippen molar-refractivity contribution < 1.29 is 19.1 Å². The summed E-state index contributed by atoms with van der Waals surface area (Å²) in [5, 5.41) is 0. The molecule has 0 saturated heterocycles. The Hall–Kier alpha value is -3.96. The van der Waals surface area contributed by atoms with Gasteiger partial charge in [0.15, 0.2) is 18.1 Å². The predicted octanol–water partition coefficient (Wildman–Crippen LogP) is 6.99. The molecule has 4 nitrogen and oxygen atoms in total. The van der Waals surface area contributed by atoms with Crippen molar-refractivity contribution in [3.63, 3.8) is 0 Å². The van der Waals surface area contributed by atoms with Crippen LogP contribution in [0.4, 0.5) is 0 Å². The van der Waals surface area contributed by atoms with Gasteiger partial charge in [0.1, 0.15) is 11.5 Å². The molecule has 4 aromatic rings. The van der Waals surface area contributed by atoms with Gasteiger partial charge in [0.25, 0.3) is 0 Å². The fourth-order valence-electron chi connectivity index (χ4n) is 3.68. The fourth-order valence-corrected chi connectivity index (χ4v) is 3.94. The number of carbonyl (C=O) groups is 2. The van der Waals surface area contributed by atoms with E-state index in [0.29, 0.717) is 22.6 Å². The van der Waals surface area contributed by atoms with Crippen molar-refractivity contribution in [3.8, 4) is 22.6 Å². The normalized spacial score (nSPS) is 13.4. The van der Waals surface area contributed by atoms with Gasteiger partial charge in [0.05, 0.1) is 5.56 Å². The van der Waals surface area contributed by atoms with Crippen LogP contribution in [-0.2, 0) is 0 Å². The van der Waals surface area contributed by atoms with Crippen molar-refractivity contribution in [2.24, 2.45) is 0 Å². The zero-order chi connectivity index (χ0) is 23.5. The van der Waals surface area contributed by atoms with Gasteiger partial charge in [-0.05, 0) is 47.0 Å². The van der Waals surface area contributed by atoms with Crippen LogP contribution in [0.2, 0.25) is 0 Å². The van der Waals surface area contributed by atoms with Crippen LogP contribution in [0.15, 0.2) is 107 Å². The predicted molar refractivity (Wildman–Crippen MR) is 135 cm³/mol. The first-order chi connectivity index (χ1) is 16.6. The number of ketones is 2. The van der Waals surface area contributed by atoms with E-state index in [1.807, 2.05) is 54.6 Å². The number of ether oxygens (including phenoxy) is 2. The molecule has 166 valence electrons. The monoisotopic (exact) mass is 510 g/mol. The molecule has 1 aliphatic heterocycles. The van der Waals surface area contributed by atoms with Gasteiger partial charge >= 0.3 is 0 Å². The lowest BCUT2D eigenvalue weighted by atomic mass is 10.0. The maximum Gasteiger partial charge on any atom is 0.231 e. The molecule has 1 heterocycles. The lowest BCUT2D eigenvalue weighted by Crippen LogP contribution is -2.11. The number of allylic oxidation sites excluding steroid dienone is 1. The number of hydrogen-bond acceptors (Lipinski definition) is 4. The van der Waals surface area contributed by atoms with E-state index in [4.69, 9.17) is 9.47 Å². The molecule has 1 aliphatic rings. The van der Waals surface area contributed by atoms with Gasteiger partial charge in [-0.15, -0.1) is 0 Å². The molecule has 4 aromatic carbocycles. The molecular weight excluding hydrogens is 492 g/mol. The van der Waals surface area contributed by atoms with E-state index in [9.17, 15) is 9.59 Å². The van der Waals surface area contributed by atoms with Gasteiger partial charge in [0, 0.05) is 16.1 Å². The highest BCUT2D eigenvalue weighted by Crippen LogP contribution is 2.35. The third kappa shape index (κ3) is 4.70. The van der Waals surface area contributed by atoms with Gasteiger partial charge in [-0.3, -0.25) is 9.59 Å². The minimum Gasteiger partial charge on any atom is -0.485 e. The number of carbonyl (C=O) groups excluding carboxylic acids is 2. The van der Waals surface area contributed by atoms with Crippen molar-refractivity contribution in [1.82, 2.24) is 0 Å². The molecular formula is C29H19BrO4. The maximum atomic E-state index is 12.8. The maximum absolute atomic E-state index is 12.8. The SMILES string of the molecule is O=C(COc1ccc2c(c1)OC(=Cc1ccc(-c3ccccc3)cc1)C2=O)c1ccc(Br)cc1. The average molecular weight is 511 g/mol. The van der Waals surface area contributed by atoms with E-state index in [1.54, 1.807) is 36.4 Å². The zero-order valence-electron chi connectivity index (χ0n) is 18.0. The van der Waals surface area contributed by atoms with Crippen LogP contribution in [-0.4, -0.2) is 18.2 Å². The van der Waals surface area contributed by atoms with Crippen LogP contribution < -0.4 is 9.47 Å². The fraction of sp³-hybridized carbons (Fsp3) is 0.0345. The summed E-state index contributed by atoms with van der Waals surface area (Å²) >= 11 is 3.35. The number of hydrogen-bond donors (Lipinski definition) is 0. The van der Waals surface area contributed by atoms with Crippen LogP contribution in [0.1, 0.15) is 26.3 Å². The summed E-state index contributed by atoms with van der Waals surface area (Å²) in [5.74, 6) is 0.825. The van der Waals surface area contributed by atoms with Crippen molar-refractivity contribution in [3.05, 3.63) is 124 Å². The minimum absolute atomic E-state index is 0.106. The van der Waals surface area contributed by atoms with Gasteiger partial charge in [-0.2, -0.15) is 0 Å². The van der Waals surface area contributed by atoms with Crippen LogP contribution in [0, 0.1) is 0 Å². The van der Waals surface area contributed by atoms with E-state index in [1.165, 1.54) is 0 Å². The first-order valence-electron chi connectivity index (χ1n) is 10.7. The second-order valence-electron chi connectivity index (χ2n) is 7.80. The average Bonchev–Trinajstić information content (AvgIpc) is 3.18. The molecule has 0 spiro atoms. The molecule has 0 aromatic heterocycles. The largest absolute Gasteiger partial charge is 0.485 e. The zero-order valence-corrected chi connectivity index (χ0v) is 19.6. The number of halogens is 1. The van der Waals surface area contributed by atoms with Crippen LogP contribution in [0.3, 0.4) is 0 Å². The Labute approximate surface area is 205 Å². The van der Waals surface area contributed by atoms with Crippen molar-refractivity contribution >= 4 is 33.6 Å². The topological polar surface area (TPSA) is 52.6 Å². The second-order valence-corrected chi connectivity index (χ2v) is 8.72. The molecule has 0 fully saturated rings. The molecule has 5 heteroatoms. The van der Waals surface area contributed by atoms with E-state index in [2.05, 4.69) is 28.1 Å². The second kappa shape index (κ2) is 9.49. The summed E-state index contributed by atoms with van der Waals surface area (Å²) in [4.78, 5) is 25.1. The summed E-state index contributed by atoms with van der Waals surface area (Å²) < 4.78 is 12.4. The van der Waals surface area contributed by atoms with Gasteiger partial charge in [-0.1, -0.05) is 82.7 Å². The van der Waals surface area contributed by atoms with Gasteiger partial charge in [-0.25, -0.2) is 0 Å². The third-order valence-corrected chi connectivity index (χ3v) is 6.02. The van der Waals surface area contributed by atoms with E-state index >= 15 is 0 Å². The Morgan fingerprint density at radius 1 is 0.853 bits per heavy atom. The lowest BCUT2D eigenvalue weighted by molar-refractivity contribution is 0.0921. The van der Waals surface area contributed by atoms with Gasteiger partial charge in [0.2, 0.25) is 5.78 Å².